The molecule has 2 heterocycles. The van der Waals surface area contributed by atoms with Gasteiger partial charge in [0, 0.05) is 24.0 Å². The zero-order chi connectivity index (χ0) is 21.4. The molecular formula is C23H25FN2O3S. The molecule has 1 unspecified atom stereocenters. The molecule has 0 amide bonds. The van der Waals surface area contributed by atoms with Crippen molar-refractivity contribution in [3.8, 4) is 0 Å². The second kappa shape index (κ2) is 8.40. The van der Waals surface area contributed by atoms with Crippen LogP contribution < -0.4 is 5.56 Å². The van der Waals surface area contributed by atoms with Gasteiger partial charge in [-0.05, 0) is 61.4 Å². The maximum Gasteiger partial charge on any atom is 0.262 e. The van der Waals surface area contributed by atoms with Crippen molar-refractivity contribution in [3.05, 3.63) is 61.8 Å². The molecule has 5 nitrogen and oxygen atoms in total. The SMILES string of the molecule is COCCc1nc2sc3c(c2c(=O)n1CC(=O)c1ccc(F)c(C)c1)CCC(C)C3. The number of ether oxygens (including phenoxy) is 1. The standard InChI is InChI=1S/C23H25FN2O3S/c1-13-4-6-16-19(10-13)30-22-21(16)23(28)26(20(25-22)8-9-29-3)12-18(27)15-5-7-17(24)14(2)11-15/h5,7,11,13H,4,6,8-10,12H2,1-3H3. The number of halogens is 1. The van der Waals surface area contributed by atoms with Gasteiger partial charge >= 0.3 is 0 Å². The highest BCUT2D eigenvalue weighted by Crippen LogP contribution is 2.35. The van der Waals surface area contributed by atoms with Gasteiger partial charge in [-0.15, -0.1) is 11.3 Å². The summed E-state index contributed by atoms with van der Waals surface area (Å²) in [5.41, 5.74) is 1.73. The molecule has 0 bridgehead atoms. The zero-order valence-corrected chi connectivity index (χ0v) is 18.3. The Labute approximate surface area is 178 Å². The lowest BCUT2D eigenvalue weighted by molar-refractivity contribution is 0.0968. The predicted octanol–water partition coefficient (Wildman–Crippen LogP) is 4.10. The van der Waals surface area contributed by atoms with E-state index in [0.717, 1.165) is 29.7 Å². The molecule has 158 valence electrons. The second-order valence-corrected chi connectivity index (χ2v) is 9.16. The molecule has 1 aliphatic rings. The number of thiophene rings is 1. The van der Waals surface area contributed by atoms with Crippen LogP contribution in [0, 0.1) is 18.7 Å². The first kappa shape index (κ1) is 20.9. The van der Waals surface area contributed by atoms with Gasteiger partial charge < -0.3 is 4.74 Å². The number of ketones is 1. The number of carbonyl (C=O) groups is 1. The van der Waals surface area contributed by atoms with Crippen LogP contribution >= 0.6 is 11.3 Å². The van der Waals surface area contributed by atoms with Gasteiger partial charge in [-0.3, -0.25) is 14.2 Å². The van der Waals surface area contributed by atoms with Crippen molar-refractivity contribution in [1.29, 1.82) is 0 Å². The summed E-state index contributed by atoms with van der Waals surface area (Å²) in [4.78, 5) is 33.2. The van der Waals surface area contributed by atoms with Crippen molar-refractivity contribution in [3.63, 3.8) is 0 Å². The normalized spacial score (nSPS) is 16.1. The Morgan fingerprint density at radius 1 is 1.40 bits per heavy atom. The molecule has 1 aliphatic carbocycles. The quantitative estimate of drug-likeness (QED) is 0.555. The molecule has 3 aromatic rings. The lowest BCUT2D eigenvalue weighted by atomic mass is 9.89. The van der Waals surface area contributed by atoms with Crippen LogP contribution in [0.3, 0.4) is 0 Å². The zero-order valence-electron chi connectivity index (χ0n) is 17.5. The van der Waals surface area contributed by atoms with E-state index in [0.29, 0.717) is 41.3 Å². The Kier molecular flexibility index (Phi) is 5.84. The highest BCUT2D eigenvalue weighted by atomic mass is 32.1. The molecular weight excluding hydrogens is 403 g/mol. The van der Waals surface area contributed by atoms with Crippen LogP contribution in [-0.4, -0.2) is 29.1 Å². The van der Waals surface area contributed by atoms with E-state index in [1.807, 2.05) is 0 Å². The molecule has 30 heavy (non-hydrogen) atoms. The average molecular weight is 429 g/mol. The highest BCUT2D eigenvalue weighted by Gasteiger charge is 2.25. The Balaban J connectivity index is 1.80. The molecule has 0 radical (unpaired) electrons. The van der Waals surface area contributed by atoms with Gasteiger partial charge in [-0.2, -0.15) is 0 Å². The molecule has 0 fully saturated rings. The van der Waals surface area contributed by atoms with Gasteiger partial charge in [0.2, 0.25) is 0 Å². The van der Waals surface area contributed by atoms with E-state index in [4.69, 9.17) is 9.72 Å². The number of carbonyl (C=O) groups excluding carboxylic acids is 1. The van der Waals surface area contributed by atoms with Crippen LogP contribution in [0.4, 0.5) is 4.39 Å². The van der Waals surface area contributed by atoms with E-state index in [2.05, 4.69) is 6.92 Å². The topological polar surface area (TPSA) is 61.2 Å². The summed E-state index contributed by atoms with van der Waals surface area (Å²) in [6.45, 7) is 4.14. The monoisotopic (exact) mass is 428 g/mol. The summed E-state index contributed by atoms with van der Waals surface area (Å²) in [5, 5.41) is 0.658. The van der Waals surface area contributed by atoms with Crippen LogP contribution in [0.15, 0.2) is 23.0 Å². The average Bonchev–Trinajstić information content (AvgIpc) is 3.08. The van der Waals surface area contributed by atoms with Crippen LogP contribution in [0.5, 0.6) is 0 Å². The maximum absolute atomic E-state index is 13.6. The molecule has 0 spiro atoms. The summed E-state index contributed by atoms with van der Waals surface area (Å²) in [5.74, 6) is 0.557. The minimum absolute atomic E-state index is 0.118. The Hall–Kier alpha value is -2.38. The lowest BCUT2D eigenvalue weighted by Gasteiger charge is -2.17. The van der Waals surface area contributed by atoms with Gasteiger partial charge in [-0.1, -0.05) is 6.92 Å². The Morgan fingerprint density at radius 2 is 2.20 bits per heavy atom. The number of benzene rings is 1. The van der Waals surface area contributed by atoms with E-state index in [-0.39, 0.29) is 23.7 Å². The third-order valence-corrected chi connectivity index (χ3v) is 6.95. The number of methoxy groups -OCH3 is 1. The number of rotatable bonds is 6. The third-order valence-electron chi connectivity index (χ3n) is 5.81. The fraction of sp³-hybridized carbons (Fsp3) is 0.435. The van der Waals surface area contributed by atoms with Crippen LogP contribution in [-0.2, 0) is 30.5 Å². The highest BCUT2D eigenvalue weighted by molar-refractivity contribution is 7.18. The van der Waals surface area contributed by atoms with Crippen LogP contribution in [0.1, 0.15) is 45.5 Å². The third kappa shape index (κ3) is 3.84. The molecule has 1 aromatic carbocycles. The summed E-state index contributed by atoms with van der Waals surface area (Å²) in [7, 11) is 1.60. The predicted molar refractivity (Wildman–Crippen MR) is 116 cm³/mol. The van der Waals surface area contributed by atoms with Crippen LogP contribution in [0.2, 0.25) is 0 Å². The molecule has 2 aromatic heterocycles. The minimum atomic E-state index is -0.355. The maximum atomic E-state index is 13.6. The van der Waals surface area contributed by atoms with Gasteiger partial charge in [-0.25, -0.2) is 9.37 Å². The van der Waals surface area contributed by atoms with E-state index in [1.165, 1.54) is 27.6 Å². The summed E-state index contributed by atoms with van der Waals surface area (Å²) in [6, 6.07) is 4.27. The Morgan fingerprint density at radius 3 is 2.93 bits per heavy atom. The number of aromatic nitrogens is 2. The summed E-state index contributed by atoms with van der Waals surface area (Å²) >= 11 is 1.60. The van der Waals surface area contributed by atoms with Crippen molar-refractivity contribution >= 4 is 27.3 Å². The first-order valence-electron chi connectivity index (χ1n) is 10.2. The van der Waals surface area contributed by atoms with Gasteiger partial charge in [0.25, 0.3) is 5.56 Å². The number of hydrogen-bond donors (Lipinski definition) is 0. The summed E-state index contributed by atoms with van der Waals surface area (Å²) < 4.78 is 20.3. The van der Waals surface area contributed by atoms with Gasteiger partial charge in [0.05, 0.1) is 18.5 Å². The van der Waals surface area contributed by atoms with Crippen LogP contribution in [0.25, 0.3) is 10.2 Å². The number of fused-ring (bicyclic) bond motifs is 3. The largest absolute Gasteiger partial charge is 0.384 e. The Bertz CT molecular complexity index is 1180. The van der Waals surface area contributed by atoms with E-state index >= 15 is 0 Å². The van der Waals surface area contributed by atoms with Crippen molar-refractivity contribution < 1.29 is 13.9 Å². The van der Waals surface area contributed by atoms with Crippen molar-refractivity contribution in [1.82, 2.24) is 9.55 Å². The van der Waals surface area contributed by atoms with Crippen molar-refractivity contribution in [2.45, 2.75) is 46.1 Å². The molecule has 1 atom stereocenters. The molecule has 0 N–H and O–H groups in total. The molecule has 7 heteroatoms. The van der Waals surface area contributed by atoms with Crippen molar-refractivity contribution in [2.24, 2.45) is 5.92 Å². The van der Waals surface area contributed by atoms with Gasteiger partial charge in [0.1, 0.15) is 16.5 Å². The second-order valence-electron chi connectivity index (χ2n) is 8.08. The molecule has 4 rings (SSSR count). The number of nitrogens with zero attached hydrogens (tertiary/aromatic N) is 2. The lowest BCUT2D eigenvalue weighted by Crippen LogP contribution is -2.29. The smallest absolute Gasteiger partial charge is 0.262 e. The fourth-order valence-corrected chi connectivity index (χ4v) is 5.46. The molecule has 0 saturated heterocycles. The van der Waals surface area contributed by atoms with Gasteiger partial charge in [0.15, 0.2) is 5.78 Å². The first-order valence-corrected chi connectivity index (χ1v) is 11.0. The number of hydrogen-bond acceptors (Lipinski definition) is 5. The van der Waals surface area contributed by atoms with Crippen molar-refractivity contribution in [2.75, 3.05) is 13.7 Å². The molecule has 0 saturated carbocycles. The summed E-state index contributed by atoms with van der Waals surface area (Å²) in [6.07, 6.45) is 3.33. The van der Waals surface area contributed by atoms with E-state index < -0.39 is 0 Å². The number of Topliss-reactive ketones (excluding diaryl/α,β-unsaturated/α-hetero) is 1. The minimum Gasteiger partial charge on any atom is -0.384 e. The van der Waals surface area contributed by atoms with E-state index in [1.54, 1.807) is 25.4 Å². The van der Waals surface area contributed by atoms with E-state index in [9.17, 15) is 14.0 Å². The first-order chi connectivity index (χ1) is 14.4. The molecule has 0 aliphatic heterocycles. The number of aryl methyl sites for hydroxylation is 2. The fourth-order valence-electron chi connectivity index (χ4n) is 4.07.